The minimum Gasteiger partial charge on any atom is -0.484 e. The van der Waals surface area contributed by atoms with E-state index in [0.717, 1.165) is 18.4 Å². The largest absolute Gasteiger partial charge is 0.484 e. The predicted octanol–water partition coefficient (Wildman–Crippen LogP) is 0.665. The van der Waals surface area contributed by atoms with Gasteiger partial charge < -0.3 is 34.8 Å². The van der Waals surface area contributed by atoms with Crippen molar-refractivity contribution < 1.29 is 28.7 Å². The number of hydrogen-bond donors (Lipinski definition) is 2. The summed E-state index contributed by atoms with van der Waals surface area (Å²) in [7, 11) is 5.61. The Morgan fingerprint density at radius 3 is 2.35 bits per heavy atom. The number of methoxy groups -OCH3 is 1. The summed E-state index contributed by atoms with van der Waals surface area (Å²) in [5.74, 6) is -0.755. The van der Waals surface area contributed by atoms with E-state index < -0.39 is 23.9 Å². The van der Waals surface area contributed by atoms with E-state index in [0.29, 0.717) is 37.7 Å². The molecule has 3 aliphatic heterocycles. The molecule has 1 saturated heterocycles. The zero-order chi connectivity index (χ0) is 29.2. The Balaban J connectivity index is 1.87. The Bertz CT molecular complexity index is 1010. The van der Waals surface area contributed by atoms with Gasteiger partial charge in [-0.3, -0.25) is 19.2 Å². The number of piperidine rings is 1. The molecule has 0 aromatic heterocycles. The smallest absolute Gasteiger partial charge is 0.258 e. The summed E-state index contributed by atoms with van der Waals surface area (Å²) < 4.78 is 10.8. The molecule has 1 fully saturated rings. The van der Waals surface area contributed by atoms with E-state index in [-0.39, 0.29) is 44.0 Å². The molecule has 11 heteroatoms. The van der Waals surface area contributed by atoms with Gasteiger partial charge in [0.25, 0.3) is 5.91 Å². The summed E-state index contributed by atoms with van der Waals surface area (Å²) in [6, 6.07) is 5.95. The summed E-state index contributed by atoms with van der Waals surface area (Å²) in [5, 5.41) is 5.69. The number of carbonyl (C=O) groups is 4. The van der Waals surface area contributed by atoms with Gasteiger partial charge in [-0.15, -0.1) is 0 Å². The fourth-order valence-electron chi connectivity index (χ4n) is 5.16. The Morgan fingerprint density at radius 2 is 1.75 bits per heavy atom. The van der Waals surface area contributed by atoms with Crippen LogP contribution in [0.5, 0.6) is 5.75 Å². The number of benzene rings is 1. The maximum absolute atomic E-state index is 13.7. The Hall–Kier alpha value is -3.18. The van der Waals surface area contributed by atoms with E-state index >= 15 is 0 Å². The zero-order valence-electron chi connectivity index (χ0n) is 24.5. The number of nitrogens with one attached hydrogen (secondary N) is 2. The first kappa shape index (κ1) is 31.3. The quantitative estimate of drug-likeness (QED) is 0.471. The van der Waals surface area contributed by atoms with E-state index in [1.807, 2.05) is 45.0 Å². The number of fused-ring (bicyclic) bond motifs is 13. The fourth-order valence-corrected chi connectivity index (χ4v) is 5.16. The van der Waals surface area contributed by atoms with Gasteiger partial charge in [0.1, 0.15) is 17.8 Å². The topological polar surface area (TPSA) is 121 Å². The molecular weight excluding hydrogens is 514 g/mol. The average Bonchev–Trinajstić information content (AvgIpc) is 2.92. The lowest BCUT2D eigenvalue weighted by molar-refractivity contribution is -0.142. The van der Waals surface area contributed by atoms with Crippen molar-refractivity contribution in [2.75, 3.05) is 60.6 Å². The van der Waals surface area contributed by atoms with Crippen molar-refractivity contribution in [3.05, 3.63) is 29.8 Å². The molecule has 3 aliphatic rings. The van der Waals surface area contributed by atoms with E-state index in [2.05, 4.69) is 15.5 Å². The molecule has 0 unspecified atom stereocenters. The molecule has 1 aromatic rings. The molecule has 0 saturated carbocycles. The summed E-state index contributed by atoms with van der Waals surface area (Å²) in [6.07, 6.45) is 2.43. The lowest BCUT2D eigenvalue weighted by atomic mass is 10.0. The van der Waals surface area contributed by atoms with E-state index in [9.17, 15) is 19.2 Å². The summed E-state index contributed by atoms with van der Waals surface area (Å²) in [4.78, 5) is 58.7. The first-order valence-electron chi connectivity index (χ1n) is 14.1. The summed E-state index contributed by atoms with van der Waals surface area (Å²) in [6.45, 7) is 5.05. The molecule has 0 spiro atoms. The highest BCUT2D eigenvalue weighted by Gasteiger charge is 2.32. The third-order valence-electron chi connectivity index (χ3n) is 7.42. The summed E-state index contributed by atoms with van der Waals surface area (Å²) in [5.41, 5.74) is 0.843. The third-order valence-corrected chi connectivity index (χ3v) is 7.42. The number of likely N-dealkylation sites (tertiary alicyclic amines) is 1. The molecule has 0 radical (unpaired) electrons. The van der Waals surface area contributed by atoms with Crippen LogP contribution in [0.25, 0.3) is 0 Å². The van der Waals surface area contributed by atoms with Crippen molar-refractivity contribution in [3.63, 3.8) is 0 Å². The van der Waals surface area contributed by atoms with Gasteiger partial charge in [-0.25, -0.2) is 0 Å². The highest BCUT2D eigenvalue weighted by Crippen LogP contribution is 2.18. The molecule has 3 heterocycles. The van der Waals surface area contributed by atoms with Gasteiger partial charge in [0.2, 0.25) is 17.7 Å². The average molecular weight is 560 g/mol. The van der Waals surface area contributed by atoms with Crippen LogP contribution in [0.4, 0.5) is 0 Å². The number of nitrogens with zero attached hydrogens (tertiary/aromatic N) is 3. The maximum atomic E-state index is 13.7. The van der Waals surface area contributed by atoms with Crippen molar-refractivity contribution in [2.45, 2.75) is 57.7 Å². The van der Waals surface area contributed by atoms with Crippen molar-refractivity contribution in [3.8, 4) is 5.75 Å². The Morgan fingerprint density at radius 1 is 1.07 bits per heavy atom. The lowest BCUT2D eigenvalue weighted by Gasteiger charge is -2.37. The van der Waals surface area contributed by atoms with Crippen LogP contribution < -0.4 is 15.4 Å². The second kappa shape index (κ2) is 15.0. The van der Waals surface area contributed by atoms with Gasteiger partial charge in [0.15, 0.2) is 6.61 Å². The highest BCUT2D eigenvalue weighted by molar-refractivity contribution is 5.93. The van der Waals surface area contributed by atoms with Gasteiger partial charge in [-0.05, 0) is 57.0 Å². The highest BCUT2D eigenvalue weighted by atomic mass is 16.5. The van der Waals surface area contributed by atoms with E-state index in [1.54, 1.807) is 12.1 Å². The van der Waals surface area contributed by atoms with Gasteiger partial charge in [0, 0.05) is 39.2 Å². The molecule has 1 aromatic carbocycles. The van der Waals surface area contributed by atoms with Crippen LogP contribution in [0, 0.1) is 5.92 Å². The van der Waals surface area contributed by atoms with Crippen LogP contribution in [-0.2, 0) is 30.3 Å². The van der Waals surface area contributed by atoms with Crippen LogP contribution in [0.1, 0.15) is 38.7 Å². The zero-order valence-corrected chi connectivity index (χ0v) is 24.5. The number of hydrogen-bond acceptors (Lipinski definition) is 7. The standard InChI is InChI=1S/C29H45N5O6/c1-20(2)16-24-29(38)34(14-15-39-5)18-26(35)30-25(28(37)33-12-10-22(11-13-33)32(3)4)17-21-6-8-23(9-7-21)40-19-27(36)31-24/h6-9,20,22,24-25H,10-19H2,1-5H3,(H,30,35)(H,31,36)/t24-,25-/m0/s1. The van der Waals surface area contributed by atoms with Crippen LogP contribution in [-0.4, -0.2) is 117 Å². The van der Waals surface area contributed by atoms with Crippen LogP contribution >= 0.6 is 0 Å². The predicted molar refractivity (Wildman–Crippen MR) is 151 cm³/mol. The molecule has 4 rings (SSSR count). The van der Waals surface area contributed by atoms with Gasteiger partial charge in [0.05, 0.1) is 13.2 Å². The fraction of sp³-hybridized carbons (Fsp3) is 0.655. The molecule has 2 atom stereocenters. The number of ether oxygens (including phenoxy) is 2. The molecule has 2 N–H and O–H groups in total. The molecule has 40 heavy (non-hydrogen) atoms. The Labute approximate surface area is 237 Å². The first-order chi connectivity index (χ1) is 19.1. The third kappa shape index (κ3) is 9.19. The molecule has 0 aliphatic carbocycles. The second-order valence-electron chi connectivity index (χ2n) is 11.3. The van der Waals surface area contributed by atoms with Crippen molar-refractivity contribution in [2.24, 2.45) is 5.92 Å². The van der Waals surface area contributed by atoms with Crippen LogP contribution in [0.2, 0.25) is 0 Å². The second-order valence-corrected chi connectivity index (χ2v) is 11.3. The number of rotatable bonds is 7. The monoisotopic (exact) mass is 559 g/mol. The molecule has 11 nitrogen and oxygen atoms in total. The van der Waals surface area contributed by atoms with Crippen molar-refractivity contribution >= 4 is 23.6 Å². The van der Waals surface area contributed by atoms with Gasteiger partial charge in [-0.2, -0.15) is 0 Å². The SMILES string of the molecule is COCCN1CC(=O)N[C@H](C(=O)N2CCC(N(C)C)CC2)Cc2ccc(cc2)OCC(=O)N[C@@H](CC(C)C)C1=O. The molecule has 2 bridgehead atoms. The minimum absolute atomic E-state index is 0.116. The van der Waals surface area contributed by atoms with Crippen molar-refractivity contribution in [1.29, 1.82) is 0 Å². The van der Waals surface area contributed by atoms with Gasteiger partial charge >= 0.3 is 0 Å². The van der Waals surface area contributed by atoms with Crippen LogP contribution in [0.15, 0.2) is 24.3 Å². The van der Waals surface area contributed by atoms with E-state index in [4.69, 9.17) is 9.47 Å². The maximum Gasteiger partial charge on any atom is 0.258 e. The van der Waals surface area contributed by atoms with E-state index in [1.165, 1.54) is 12.0 Å². The lowest BCUT2D eigenvalue weighted by Crippen LogP contribution is -2.56. The normalized spacial score (nSPS) is 21.9. The number of amides is 4. The molecular formula is C29H45N5O6. The molecule has 222 valence electrons. The Kier molecular flexibility index (Phi) is 11.8. The first-order valence-corrected chi connectivity index (χ1v) is 14.1. The van der Waals surface area contributed by atoms with Crippen LogP contribution in [0.3, 0.4) is 0 Å². The van der Waals surface area contributed by atoms with Crippen molar-refractivity contribution in [1.82, 2.24) is 25.3 Å². The summed E-state index contributed by atoms with van der Waals surface area (Å²) >= 11 is 0. The molecule has 4 amide bonds. The van der Waals surface area contributed by atoms with Gasteiger partial charge in [-0.1, -0.05) is 26.0 Å². The minimum atomic E-state index is -0.827. The number of carbonyl (C=O) groups excluding carboxylic acids is 4.